The number of esters is 1. The van der Waals surface area contributed by atoms with Crippen LogP contribution in [0.1, 0.15) is 49.6 Å². The van der Waals surface area contributed by atoms with Gasteiger partial charge in [-0.2, -0.15) is 0 Å². The van der Waals surface area contributed by atoms with E-state index in [1.807, 2.05) is 54.7 Å². The molecular weight excluding hydrogens is 386 g/mol. The van der Waals surface area contributed by atoms with Crippen LogP contribution in [0.25, 0.3) is 0 Å². The molecule has 1 aromatic heterocycles. The second-order valence-electron chi connectivity index (χ2n) is 5.68. The molecule has 1 N–H and O–H groups in total. The summed E-state index contributed by atoms with van der Waals surface area (Å²) in [5.74, 6) is 1.74. The number of hydrogen-bond acceptors (Lipinski definition) is 6. The minimum absolute atomic E-state index is 0.210. The zero-order valence-electron chi connectivity index (χ0n) is 14.7. The van der Waals surface area contributed by atoms with Crippen LogP contribution in [0.3, 0.4) is 0 Å². The number of hydrogen-bond donors (Lipinski definition) is 1. The molecular formula is C19H21NO3S3. The Labute approximate surface area is 166 Å². The van der Waals surface area contributed by atoms with E-state index < -0.39 is 5.97 Å². The molecule has 26 heavy (non-hydrogen) atoms. The van der Waals surface area contributed by atoms with Crippen molar-refractivity contribution in [2.45, 2.75) is 24.9 Å². The van der Waals surface area contributed by atoms with Crippen molar-refractivity contribution in [1.82, 2.24) is 0 Å². The monoisotopic (exact) mass is 407 g/mol. The maximum absolute atomic E-state index is 12.6. The Morgan fingerprint density at radius 2 is 1.85 bits per heavy atom. The molecule has 3 rings (SSSR count). The second-order valence-corrected chi connectivity index (χ2v) is 9.54. The van der Waals surface area contributed by atoms with Gasteiger partial charge in [0.2, 0.25) is 0 Å². The van der Waals surface area contributed by atoms with Gasteiger partial charge in [-0.05, 0) is 37.1 Å². The summed E-state index contributed by atoms with van der Waals surface area (Å²) in [6, 6.07) is 9.53. The number of aryl methyl sites for hydroxylation is 1. The topological polar surface area (TPSA) is 55.4 Å². The van der Waals surface area contributed by atoms with E-state index >= 15 is 0 Å². The molecule has 0 atom stereocenters. The van der Waals surface area contributed by atoms with Crippen LogP contribution in [0.2, 0.25) is 0 Å². The van der Waals surface area contributed by atoms with E-state index in [0.29, 0.717) is 27.3 Å². The minimum atomic E-state index is -0.399. The summed E-state index contributed by atoms with van der Waals surface area (Å²) in [6.07, 6.45) is 0.804. The van der Waals surface area contributed by atoms with Gasteiger partial charge in [0.25, 0.3) is 5.91 Å². The van der Waals surface area contributed by atoms with E-state index in [4.69, 9.17) is 4.74 Å². The number of thiophene rings is 1. The first kappa shape index (κ1) is 19.3. The summed E-state index contributed by atoms with van der Waals surface area (Å²) < 4.78 is 5.56. The van der Waals surface area contributed by atoms with E-state index in [9.17, 15) is 9.59 Å². The molecule has 0 bridgehead atoms. The summed E-state index contributed by atoms with van der Waals surface area (Å²) in [4.78, 5) is 25.8. The van der Waals surface area contributed by atoms with Gasteiger partial charge in [0.05, 0.1) is 16.8 Å². The number of rotatable bonds is 6. The molecule has 4 nitrogen and oxygen atoms in total. The van der Waals surface area contributed by atoms with Gasteiger partial charge >= 0.3 is 5.97 Å². The SMILES string of the molecule is CCOC(=O)c1cc(CC)sc1NC(=O)c1ccc(C2SCCS2)cc1. The molecule has 138 valence electrons. The van der Waals surface area contributed by atoms with E-state index in [2.05, 4.69) is 5.32 Å². The molecule has 0 radical (unpaired) electrons. The Bertz CT molecular complexity index is 780. The van der Waals surface area contributed by atoms with Gasteiger partial charge in [-0.15, -0.1) is 34.9 Å². The molecule has 1 amide bonds. The lowest BCUT2D eigenvalue weighted by molar-refractivity contribution is 0.0528. The van der Waals surface area contributed by atoms with Crippen molar-refractivity contribution in [3.63, 3.8) is 0 Å². The van der Waals surface area contributed by atoms with E-state index in [1.165, 1.54) is 28.4 Å². The van der Waals surface area contributed by atoms with Gasteiger partial charge in [-0.3, -0.25) is 4.79 Å². The first-order chi connectivity index (χ1) is 12.6. The standard InChI is InChI=1S/C19H21NO3S3/c1-3-14-11-15(18(22)23-4-2)17(26-14)20-16(21)12-5-7-13(8-6-12)19-24-9-10-25-19/h5-8,11,19H,3-4,9-10H2,1-2H3,(H,20,21). The molecule has 0 aliphatic carbocycles. The number of carbonyl (C=O) groups excluding carboxylic acids is 2. The highest BCUT2D eigenvalue weighted by Gasteiger charge is 2.21. The van der Waals surface area contributed by atoms with Gasteiger partial charge in [-0.1, -0.05) is 19.1 Å². The largest absolute Gasteiger partial charge is 0.462 e. The average molecular weight is 408 g/mol. The summed E-state index contributed by atoms with van der Waals surface area (Å²) in [6.45, 7) is 4.10. The molecule has 7 heteroatoms. The van der Waals surface area contributed by atoms with Crippen molar-refractivity contribution in [2.75, 3.05) is 23.4 Å². The molecule has 1 aromatic carbocycles. The molecule has 1 aliphatic rings. The van der Waals surface area contributed by atoms with Crippen molar-refractivity contribution >= 4 is 51.7 Å². The number of nitrogens with one attached hydrogen (secondary N) is 1. The summed E-state index contributed by atoms with van der Waals surface area (Å²) in [5, 5.41) is 3.43. The van der Waals surface area contributed by atoms with E-state index in [1.54, 1.807) is 13.0 Å². The lowest BCUT2D eigenvalue weighted by Gasteiger charge is -2.10. The minimum Gasteiger partial charge on any atom is -0.462 e. The van der Waals surface area contributed by atoms with E-state index in [-0.39, 0.29) is 5.91 Å². The van der Waals surface area contributed by atoms with Crippen molar-refractivity contribution in [3.8, 4) is 0 Å². The van der Waals surface area contributed by atoms with Gasteiger partial charge in [0.15, 0.2) is 0 Å². The van der Waals surface area contributed by atoms with Crippen LogP contribution in [0, 0.1) is 0 Å². The molecule has 1 aliphatic heterocycles. The summed E-state index contributed by atoms with van der Waals surface area (Å²) in [5.41, 5.74) is 2.26. The van der Waals surface area contributed by atoms with Crippen molar-refractivity contribution in [1.29, 1.82) is 0 Å². The third-order valence-electron chi connectivity index (χ3n) is 3.92. The predicted molar refractivity (Wildman–Crippen MR) is 112 cm³/mol. The maximum atomic E-state index is 12.6. The molecule has 0 saturated carbocycles. The zero-order valence-corrected chi connectivity index (χ0v) is 17.2. The zero-order chi connectivity index (χ0) is 18.5. The van der Waals surface area contributed by atoms with Gasteiger partial charge in [-0.25, -0.2) is 4.79 Å². The van der Waals surface area contributed by atoms with E-state index in [0.717, 1.165) is 11.3 Å². The fraction of sp³-hybridized carbons (Fsp3) is 0.368. The highest BCUT2D eigenvalue weighted by atomic mass is 32.2. The fourth-order valence-corrected chi connectivity index (χ4v) is 6.43. The predicted octanol–water partition coefficient (Wildman–Crippen LogP) is 5.22. The molecule has 2 heterocycles. The Kier molecular flexibility index (Phi) is 6.67. The van der Waals surface area contributed by atoms with Crippen molar-refractivity contribution in [3.05, 3.63) is 51.9 Å². The Morgan fingerprint density at radius 1 is 1.15 bits per heavy atom. The average Bonchev–Trinajstić information content (AvgIpc) is 3.32. The fourth-order valence-electron chi connectivity index (χ4n) is 2.59. The molecule has 1 saturated heterocycles. The molecule has 0 unspecified atom stereocenters. The first-order valence-electron chi connectivity index (χ1n) is 8.56. The van der Waals surface area contributed by atoms with Gasteiger partial charge in [0.1, 0.15) is 5.00 Å². The highest BCUT2D eigenvalue weighted by Crippen LogP contribution is 2.45. The summed E-state index contributed by atoms with van der Waals surface area (Å²) >= 11 is 5.30. The highest BCUT2D eigenvalue weighted by molar-refractivity contribution is 8.19. The van der Waals surface area contributed by atoms with Crippen LogP contribution < -0.4 is 5.32 Å². The molecule has 2 aromatic rings. The van der Waals surface area contributed by atoms with Crippen LogP contribution in [-0.4, -0.2) is 30.0 Å². The summed E-state index contributed by atoms with van der Waals surface area (Å²) in [7, 11) is 0. The lowest BCUT2D eigenvalue weighted by atomic mass is 10.1. The normalized spacial score (nSPS) is 14.4. The van der Waals surface area contributed by atoms with Gasteiger partial charge < -0.3 is 10.1 Å². The third kappa shape index (κ3) is 4.45. The quantitative estimate of drug-likeness (QED) is 0.666. The number of benzene rings is 1. The maximum Gasteiger partial charge on any atom is 0.341 e. The number of carbonyl (C=O) groups is 2. The number of ether oxygens (including phenoxy) is 1. The van der Waals surface area contributed by atoms with Crippen LogP contribution in [0.15, 0.2) is 30.3 Å². The number of thioether (sulfide) groups is 2. The van der Waals surface area contributed by atoms with Crippen LogP contribution in [-0.2, 0) is 11.2 Å². The molecule has 0 spiro atoms. The smallest absolute Gasteiger partial charge is 0.341 e. The first-order valence-corrected chi connectivity index (χ1v) is 11.5. The molecule has 1 fully saturated rings. The van der Waals surface area contributed by atoms with Gasteiger partial charge in [0, 0.05) is 21.9 Å². The lowest BCUT2D eigenvalue weighted by Crippen LogP contribution is -2.14. The Balaban J connectivity index is 1.74. The van der Waals surface area contributed by atoms with Crippen molar-refractivity contribution in [2.24, 2.45) is 0 Å². The second kappa shape index (κ2) is 8.97. The van der Waals surface area contributed by atoms with Crippen LogP contribution in [0.4, 0.5) is 5.00 Å². The van der Waals surface area contributed by atoms with Crippen LogP contribution >= 0.6 is 34.9 Å². The third-order valence-corrected chi connectivity index (χ3v) is 8.22. The number of anilines is 1. The Hall–Kier alpha value is -1.44. The number of amides is 1. The van der Waals surface area contributed by atoms with Crippen molar-refractivity contribution < 1.29 is 14.3 Å². The van der Waals surface area contributed by atoms with Crippen LogP contribution in [0.5, 0.6) is 0 Å². The Morgan fingerprint density at radius 3 is 2.46 bits per heavy atom.